The zero-order valence-electron chi connectivity index (χ0n) is 12.9. The fraction of sp³-hybridized carbons (Fsp3) is 0.294. The summed E-state index contributed by atoms with van der Waals surface area (Å²) in [4.78, 5) is 16.1. The van der Waals surface area contributed by atoms with Crippen LogP contribution < -0.4 is 15.4 Å². The quantitative estimate of drug-likeness (QED) is 0.862. The van der Waals surface area contributed by atoms with Crippen molar-refractivity contribution >= 4 is 6.03 Å². The van der Waals surface area contributed by atoms with Crippen molar-refractivity contribution in [1.29, 1.82) is 0 Å². The van der Waals surface area contributed by atoms with Gasteiger partial charge in [-0.2, -0.15) is 0 Å². The van der Waals surface area contributed by atoms with Crippen LogP contribution in [0.3, 0.4) is 0 Å². The minimum atomic E-state index is -0.188. The number of rotatable bonds is 6. The number of hydrogen-bond acceptors (Lipinski definition) is 3. The monoisotopic (exact) mass is 299 g/mol. The molecule has 0 aliphatic carbocycles. The van der Waals surface area contributed by atoms with Gasteiger partial charge >= 0.3 is 6.03 Å². The van der Waals surface area contributed by atoms with Gasteiger partial charge in [0, 0.05) is 12.7 Å². The number of nitrogens with one attached hydrogen (secondary N) is 2. The molecule has 0 aliphatic rings. The van der Waals surface area contributed by atoms with Crippen molar-refractivity contribution in [2.24, 2.45) is 0 Å². The molecule has 1 aromatic heterocycles. The summed E-state index contributed by atoms with van der Waals surface area (Å²) in [6, 6.07) is 13.2. The van der Waals surface area contributed by atoms with Crippen molar-refractivity contribution in [3.05, 3.63) is 59.9 Å². The highest BCUT2D eigenvalue weighted by atomic mass is 16.5. The van der Waals surface area contributed by atoms with E-state index in [2.05, 4.69) is 15.6 Å². The Morgan fingerprint density at radius 2 is 2.00 bits per heavy atom. The van der Waals surface area contributed by atoms with E-state index >= 15 is 0 Å². The fourth-order valence-corrected chi connectivity index (χ4v) is 2.07. The summed E-state index contributed by atoms with van der Waals surface area (Å²) in [5.41, 5.74) is 1.99. The highest BCUT2D eigenvalue weighted by molar-refractivity contribution is 5.74. The van der Waals surface area contributed by atoms with Crippen LogP contribution in [0.5, 0.6) is 5.75 Å². The minimum Gasteiger partial charge on any atom is -0.497 e. The van der Waals surface area contributed by atoms with Crippen molar-refractivity contribution in [1.82, 2.24) is 15.6 Å². The molecule has 0 fully saturated rings. The number of carbonyl (C=O) groups is 1. The zero-order valence-corrected chi connectivity index (χ0v) is 12.9. The number of aromatic nitrogens is 1. The summed E-state index contributed by atoms with van der Waals surface area (Å²) in [6.07, 6.45) is 2.49. The molecule has 0 saturated carbocycles. The Morgan fingerprint density at radius 3 is 2.64 bits per heavy atom. The Kier molecular flexibility index (Phi) is 5.77. The molecular formula is C17H21N3O2. The summed E-state index contributed by atoms with van der Waals surface area (Å²) in [7, 11) is 1.64. The number of carbonyl (C=O) groups excluding carboxylic acids is 1. The minimum absolute atomic E-state index is 0.123. The lowest BCUT2D eigenvalue weighted by Gasteiger charge is -2.14. The van der Waals surface area contributed by atoms with E-state index in [1.807, 2.05) is 49.4 Å². The van der Waals surface area contributed by atoms with Crippen LogP contribution in [0.1, 0.15) is 24.2 Å². The van der Waals surface area contributed by atoms with Crippen molar-refractivity contribution < 1.29 is 9.53 Å². The number of ether oxygens (including phenoxy) is 1. The first-order valence-corrected chi connectivity index (χ1v) is 7.27. The van der Waals surface area contributed by atoms with E-state index in [0.717, 1.165) is 23.4 Å². The van der Waals surface area contributed by atoms with Crippen LogP contribution in [0.4, 0.5) is 4.79 Å². The molecule has 2 amide bonds. The fourth-order valence-electron chi connectivity index (χ4n) is 2.07. The third-order valence-corrected chi connectivity index (χ3v) is 3.34. The number of amides is 2. The molecule has 2 N–H and O–H groups in total. The van der Waals surface area contributed by atoms with Crippen LogP contribution in [0, 0.1) is 0 Å². The maximum Gasteiger partial charge on any atom is 0.315 e. The van der Waals surface area contributed by atoms with E-state index in [9.17, 15) is 4.79 Å². The molecular weight excluding hydrogens is 278 g/mol. The number of nitrogens with zero attached hydrogens (tertiary/aromatic N) is 1. The Morgan fingerprint density at radius 1 is 1.23 bits per heavy atom. The van der Waals surface area contributed by atoms with Gasteiger partial charge in [-0.1, -0.05) is 18.2 Å². The maximum atomic E-state index is 11.8. The van der Waals surface area contributed by atoms with Crippen LogP contribution in [0.2, 0.25) is 0 Å². The molecule has 1 unspecified atom stereocenters. The Labute approximate surface area is 130 Å². The first-order valence-electron chi connectivity index (χ1n) is 7.27. The average molecular weight is 299 g/mol. The van der Waals surface area contributed by atoms with Gasteiger partial charge in [-0.15, -0.1) is 0 Å². The van der Waals surface area contributed by atoms with Crippen LogP contribution in [-0.4, -0.2) is 24.7 Å². The lowest BCUT2D eigenvalue weighted by Crippen LogP contribution is -2.38. The molecule has 1 atom stereocenters. The lowest BCUT2D eigenvalue weighted by atomic mass is 10.1. The van der Waals surface area contributed by atoms with Crippen molar-refractivity contribution in [2.75, 3.05) is 13.7 Å². The summed E-state index contributed by atoms with van der Waals surface area (Å²) in [5, 5.41) is 5.72. The summed E-state index contributed by atoms with van der Waals surface area (Å²) < 4.78 is 5.11. The second-order valence-corrected chi connectivity index (χ2v) is 4.97. The first-order chi connectivity index (χ1) is 10.7. The topological polar surface area (TPSA) is 63.2 Å². The van der Waals surface area contributed by atoms with Crippen LogP contribution in [-0.2, 0) is 6.42 Å². The molecule has 0 saturated heterocycles. The highest BCUT2D eigenvalue weighted by Gasteiger charge is 2.09. The number of urea groups is 1. The van der Waals surface area contributed by atoms with Gasteiger partial charge in [-0.05, 0) is 43.2 Å². The molecule has 1 heterocycles. The molecule has 0 radical (unpaired) electrons. The molecule has 1 aromatic carbocycles. The molecule has 22 heavy (non-hydrogen) atoms. The molecule has 5 heteroatoms. The van der Waals surface area contributed by atoms with Gasteiger partial charge in [0.05, 0.1) is 18.8 Å². The van der Waals surface area contributed by atoms with Crippen molar-refractivity contribution in [3.63, 3.8) is 0 Å². The van der Waals surface area contributed by atoms with Gasteiger partial charge in [0.1, 0.15) is 5.75 Å². The molecule has 0 bridgehead atoms. The summed E-state index contributed by atoms with van der Waals surface area (Å²) in [6.45, 7) is 2.48. The average Bonchev–Trinajstić information content (AvgIpc) is 2.56. The van der Waals surface area contributed by atoms with Gasteiger partial charge < -0.3 is 15.4 Å². The van der Waals surface area contributed by atoms with Gasteiger partial charge in [0.2, 0.25) is 0 Å². The van der Waals surface area contributed by atoms with Gasteiger partial charge in [0.25, 0.3) is 0 Å². The number of methoxy groups -OCH3 is 1. The third kappa shape index (κ3) is 4.77. The van der Waals surface area contributed by atoms with E-state index in [-0.39, 0.29) is 12.1 Å². The van der Waals surface area contributed by atoms with Gasteiger partial charge in [-0.25, -0.2) is 4.79 Å². The largest absolute Gasteiger partial charge is 0.497 e. The summed E-state index contributed by atoms with van der Waals surface area (Å²) >= 11 is 0. The molecule has 5 nitrogen and oxygen atoms in total. The first kappa shape index (κ1) is 15.8. The Bertz CT molecular complexity index is 585. The normalized spacial score (nSPS) is 11.5. The lowest BCUT2D eigenvalue weighted by molar-refractivity contribution is 0.238. The predicted octanol–water partition coefficient (Wildman–Crippen LogP) is 2.69. The van der Waals surface area contributed by atoms with Gasteiger partial charge in [-0.3, -0.25) is 4.98 Å². The Balaban J connectivity index is 1.73. The second-order valence-electron chi connectivity index (χ2n) is 4.97. The number of benzene rings is 1. The standard InChI is InChI=1S/C17H21N3O2/c1-13(16-5-3-4-11-18-16)20-17(21)19-12-10-14-6-8-15(22-2)9-7-14/h3-9,11,13H,10,12H2,1-2H3,(H2,19,20,21). The maximum absolute atomic E-state index is 11.8. The van der Waals surface area contributed by atoms with Crippen LogP contribution in [0.15, 0.2) is 48.7 Å². The predicted molar refractivity (Wildman–Crippen MR) is 85.9 cm³/mol. The van der Waals surface area contributed by atoms with E-state index in [0.29, 0.717) is 6.54 Å². The molecule has 2 aromatic rings. The molecule has 116 valence electrons. The van der Waals surface area contributed by atoms with E-state index < -0.39 is 0 Å². The third-order valence-electron chi connectivity index (χ3n) is 3.34. The number of pyridine rings is 1. The molecule has 0 spiro atoms. The summed E-state index contributed by atoms with van der Waals surface area (Å²) in [5.74, 6) is 0.832. The Hall–Kier alpha value is -2.56. The van der Waals surface area contributed by atoms with E-state index in [4.69, 9.17) is 4.74 Å². The number of hydrogen-bond donors (Lipinski definition) is 2. The second kappa shape index (κ2) is 8.02. The highest BCUT2D eigenvalue weighted by Crippen LogP contribution is 2.11. The molecule has 2 rings (SSSR count). The van der Waals surface area contributed by atoms with E-state index in [1.54, 1.807) is 13.3 Å². The molecule has 0 aliphatic heterocycles. The van der Waals surface area contributed by atoms with E-state index in [1.165, 1.54) is 0 Å². The van der Waals surface area contributed by atoms with Crippen LogP contribution in [0.25, 0.3) is 0 Å². The zero-order chi connectivity index (χ0) is 15.8. The SMILES string of the molecule is COc1ccc(CCNC(=O)NC(C)c2ccccn2)cc1. The van der Waals surface area contributed by atoms with Crippen molar-refractivity contribution in [3.8, 4) is 5.75 Å². The smallest absolute Gasteiger partial charge is 0.315 e. The van der Waals surface area contributed by atoms with Gasteiger partial charge in [0.15, 0.2) is 0 Å². The van der Waals surface area contributed by atoms with Crippen molar-refractivity contribution in [2.45, 2.75) is 19.4 Å². The van der Waals surface area contributed by atoms with Crippen LogP contribution >= 0.6 is 0 Å².